The van der Waals surface area contributed by atoms with Crippen LogP contribution in [0.15, 0.2) is 71.6 Å². The van der Waals surface area contributed by atoms with Crippen molar-refractivity contribution in [2.75, 3.05) is 5.32 Å². The third kappa shape index (κ3) is 4.69. The number of benzene rings is 3. The van der Waals surface area contributed by atoms with Gasteiger partial charge in [0.15, 0.2) is 0 Å². The van der Waals surface area contributed by atoms with Gasteiger partial charge in [-0.25, -0.2) is 8.42 Å². The number of carbonyl (C=O) groups is 1. The zero-order valence-electron chi connectivity index (χ0n) is 17.6. The van der Waals surface area contributed by atoms with Crippen molar-refractivity contribution in [3.63, 3.8) is 0 Å². The summed E-state index contributed by atoms with van der Waals surface area (Å²) in [5, 5.41) is 2.89. The molecule has 32 heavy (non-hydrogen) atoms. The maximum absolute atomic E-state index is 13.3. The number of nitrogens with zero attached hydrogens (tertiary/aromatic N) is 2. The SMILES string of the molecule is Cc1cccc(NC(=O)C(Cc2ccccc2)NS(=O)(=O)c2cccc3nsnc23)c1C. The van der Waals surface area contributed by atoms with Crippen LogP contribution >= 0.6 is 11.7 Å². The Hall–Kier alpha value is -3.14. The van der Waals surface area contributed by atoms with Gasteiger partial charge in [-0.1, -0.05) is 48.5 Å². The topological polar surface area (TPSA) is 101 Å². The Labute approximate surface area is 190 Å². The summed E-state index contributed by atoms with van der Waals surface area (Å²) in [4.78, 5) is 13.2. The fourth-order valence-electron chi connectivity index (χ4n) is 3.39. The van der Waals surface area contributed by atoms with Gasteiger partial charge in [-0.05, 0) is 55.2 Å². The highest BCUT2D eigenvalue weighted by molar-refractivity contribution is 7.89. The highest BCUT2D eigenvalue weighted by Crippen LogP contribution is 2.22. The van der Waals surface area contributed by atoms with Crippen LogP contribution in [0.5, 0.6) is 0 Å². The average Bonchev–Trinajstić information content (AvgIpc) is 3.26. The van der Waals surface area contributed by atoms with Gasteiger partial charge in [-0.3, -0.25) is 4.79 Å². The lowest BCUT2D eigenvalue weighted by atomic mass is 10.0. The van der Waals surface area contributed by atoms with E-state index >= 15 is 0 Å². The standard InChI is InChI=1S/C23H22N4O3S2/c1-15-8-6-11-18(16(15)2)24-23(28)20(14-17-9-4-3-5-10-17)27-32(29,30)21-13-7-12-19-22(21)26-31-25-19/h3-13,20,27H,14H2,1-2H3,(H,24,28). The Bertz CT molecular complexity index is 1370. The molecule has 9 heteroatoms. The van der Waals surface area contributed by atoms with E-state index in [-0.39, 0.29) is 11.3 Å². The molecule has 0 radical (unpaired) electrons. The molecular weight excluding hydrogens is 444 g/mol. The summed E-state index contributed by atoms with van der Waals surface area (Å²) >= 11 is 0.944. The van der Waals surface area contributed by atoms with Gasteiger partial charge >= 0.3 is 0 Å². The van der Waals surface area contributed by atoms with Gasteiger partial charge in [0.2, 0.25) is 15.9 Å². The monoisotopic (exact) mass is 466 g/mol. The number of fused-ring (bicyclic) bond motifs is 1. The van der Waals surface area contributed by atoms with Crippen LogP contribution in [-0.4, -0.2) is 29.1 Å². The second kappa shape index (κ2) is 9.15. The maximum atomic E-state index is 13.3. The zero-order valence-corrected chi connectivity index (χ0v) is 19.2. The number of nitrogens with one attached hydrogen (secondary N) is 2. The number of rotatable bonds is 7. The smallest absolute Gasteiger partial charge is 0.243 e. The lowest BCUT2D eigenvalue weighted by Crippen LogP contribution is -2.45. The van der Waals surface area contributed by atoms with E-state index in [1.165, 1.54) is 6.07 Å². The molecule has 0 aliphatic carbocycles. The molecule has 1 atom stereocenters. The lowest BCUT2D eigenvalue weighted by Gasteiger charge is -2.20. The van der Waals surface area contributed by atoms with Gasteiger partial charge in [-0.15, -0.1) is 0 Å². The molecular formula is C23H22N4O3S2. The molecule has 0 saturated carbocycles. The van der Waals surface area contributed by atoms with Crippen LogP contribution in [0.25, 0.3) is 11.0 Å². The normalized spacial score (nSPS) is 12.6. The summed E-state index contributed by atoms with van der Waals surface area (Å²) in [7, 11) is -4.04. The average molecular weight is 467 g/mol. The molecule has 0 aliphatic rings. The molecule has 4 rings (SSSR count). The summed E-state index contributed by atoms with van der Waals surface area (Å²) in [6.07, 6.45) is 0.196. The number of anilines is 1. The minimum absolute atomic E-state index is 0.00125. The van der Waals surface area contributed by atoms with E-state index in [9.17, 15) is 13.2 Å². The second-order valence-electron chi connectivity index (χ2n) is 7.49. The molecule has 0 spiro atoms. The number of carbonyl (C=O) groups excluding carboxylic acids is 1. The van der Waals surface area contributed by atoms with Crippen molar-refractivity contribution >= 4 is 44.4 Å². The molecule has 7 nitrogen and oxygen atoms in total. The van der Waals surface area contributed by atoms with Crippen molar-refractivity contribution in [2.45, 2.75) is 31.2 Å². The first-order chi connectivity index (χ1) is 15.3. The highest BCUT2D eigenvalue weighted by atomic mass is 32.2. The molecule has 1 aromatic heterocycles. The van der Waals surface area contributed by atoms with Gasteiger partial charge in [0.25, 0.3) is 0 Å². The molecule has 1 heterocycles. The largest absolute Gasteiger partial charge is 0.324 e. The highest BCUT2D eigenvalue weighted by Gasteiger charge is 2.28. The van der Waals surface area contributed by atoms with E-state index in [2.05, 4.69) is 18.8 Å². The van der Waals surface area contributed by atoms with E-state index < -0.39 is 22.0 Å². The predicted octanol–water partition coefficient (Wildman–Crippen LogP) is 3.84. The molecule has 2 N–H and O–H groups in total. The predicted molar refractivity (Wildman–Crippen MR) is 126 cm³/mol. The summed E-state index contributed by atoms with van der Waals surface area (Å²) in [6.45, 7) is 3.87. The minimum atomic E-state index is -4.04. The van der Waals surface area contributed by atoms with Crippen molar-refractivity contribution < 1.29 is 13.2 Å². The third-order valence-corrected chi connectivity index (χ3v) is 7.34. The number of hydrogen-bond acceptors (Lipinski definition) is 6. The molecule has 1 amide bonds. The summed E-state index contributed by atoms with van der Waals surface area (Å²) in [5.74, 6) is -0.435. The number of aryl methyl sites for hydroxylation is 1. The van der Waals surface area contributed by atoms with E-state index in [0.29, 0.717) is 16.7 Å². The molecule has 4 aromatic rings. The van der Waals surface area contributed by atoms with Crippen LogP contribution < -0.4 is 10.0 Å². The van der Waals surface area contributed by atoms with Crippen LogP contribution in [0, 0.1) is 13.8 Å². The fourth-order valence-corrected chi connectivity index (χ4v) is 5.35. The molecule has 0 fully saturated rings. The van der Waals surface area contributed by atoms with Gasteiger partial charge < -0.3 is 5.32 Å². The number of amides is 1. The van der Waals surface area contributed by atoms with Crippen LogP contribution in [0.3, 0.4) is 0 Å². The third-order valence-electron chi connectivity index (χ3n) is 5.30. The first kappa shape index (κ1) is 22.1. The summed E-state index contributed by atoms with van der Waals surface area (Å²) < 4.78 is 37.4. The van der Waals surface area contributed by atoms with Gasteiger partial charge in [0.05, 0.1) is 11.7 Å². The maximum Gasteiger partial charge on any atom is 0.243 e. The first-order valence-electron chi connectivity index (χ1n) is 10.00. The molecule has 0 bridgehead atoms. The van der Waals surface area contributed by atoms with Crippen molar-refractivity contribution in [3.8, 4) is 0 Å². The Morgan fingerprint density at radius 2 is 1.72 bits per heavy atom. The quantitative estimate of drug-likeness (QED) is 0.431. The van der Waals surface area contributed by atoms with E-state index in [1.54, 1.807) is 18.2 Å². The Kier molecular flexibility index (Phi) is 6.31. The van der Waals surface area contributed by atoms with Crippen molar-refractivity contribution in [3.05, 3.63) is 83.4 Å². The number of sulfonamides is 1. The molecule has 164 valence electrons. The van der Waals surface area contributed by atoms with Gasteiger partial charge in [0.1, 0.15) is 22.0 Å². The lowest BCUT2D eigenvalue weighted by molar-refractivity contribution is -0.117. The molecule has 3 aromatic carbocycles. The Balaban J connectivity index is 1.66. The van der Waals surface area contributed by atoms with Gasteiger partial charge in [-0.2, -0.15) is 13.5 Å². The van der Waals surface area contributed by atoms with Crippen LogP contribution in [-0.2, 0) is 21.2 Å². The Morgan fingerprint density at radius 3 is 2.50 bits per heavy atom. The van der Waals surface area contributed by atoms with E-state index in [4.69, 9.17) is 0 Å². The van der Waals surface area contributed by atoms with Crippen LogP contribution in [0.1, 0.15) is 16.7 Å². The zero-order chi connectivity index (χ0) is 22.7. The van der Waals surface area contributed by atoms with Crippen molar-refractivity contribution in [1.29, 1.82) is 0 Å². The van der Waals surface area contributed by atoms with Gasteiger partial charge in [0, 0.05) is 5.69 Å². The number of aromatic nitrogens is 2. The molecule has 1 unspecified atom stereocenters. The van der Waals surface area contributed by atoms with E-state index in [1.807, 2.05) is 56.3 Å². The summed E-state index contributed by atoms with van der Waals surface area (Å²) in [6, 6.07) is 18.7. The van der Waals surface area contributed by atoms with Crippen LogP contribution in [0.2, 0.25) is 0 Å². The van der Waals surface area contributed by atoms with E-state index in [0.717, 1.165) is 28.4 Å². The second-order valence-corrected chi connectivity index (χ2v) is 9.70. The van der Waals surface area contributed by atoms with Crippen LogP contribution in [0.4, 0.5) is 5.69 Å². The van der Waals surface area contributed by atoms with Crippen molar-refractivity contribution in [1.82, 2.24) is 13.5 Å². The summed E-state index contributed by atoms with van der Waals surface area (Å²) in [5.41, 5.74) is 4.24. The van der Waals surface area contributed by atoms with Crippen molar-refractivity contribution in [2.24, 2.45) is 0 Å². The molecule has 0 saturated heterocycles. The molecule has 0 aliphatic heterocycles. The fraction of sp³-hybridized carbons (Fsp3) is 0.174. The number of hydrogen-bond donors (Lipinski definition) is 2. The minimum Gasteiger partial charge on any atom is -0.324 e. The first-order valence-corrected chi connectivity index (χ1v) is 12.2. The Morgan fingerprint density at radius 1 is 0.969 bits per heavy atom.